The molecular weight excluding hydrogens is 222 g/mol. The maximum absolute atomic E-state index is 10.4. The summed E-state index contributed by atoms with van der Waals surface area (Å²) in [6.07, 6.45) is 4.96. The first kappa shape index (κ1) is 12.0. The Hall–Kier alpha value is -0.450. The molecule has 2 N–H and O–H groups in total. The standard InChI is InChI=1S/C12H19NO2S/c1-9-2-4-12(15,5-3-9)10(14)8-11-13-6-7-16-11/h6-7,9-10,14-15H,2-5,8H2,1H3. The van der Waals surface area contributed by atoms with E-state index in [0.29, 0.717) is 25.2 Å². The van der Waals surface area contributed by atoms with Gasteiger partial charge in [0.2, 0.25) is 0 Å². The molecule has 0 radical (unpaired) electrons. The van der Waals surface area contributed by atoms with E-state index in [2.05, 4.69) is 11.9 Å². The zero-order valence-corrected chi connectivity index (χ0v) is 10.4. The Morgan fingerprint density at radius 1 is 1.56 bits per heavy atom. The summed E-state index contributed by atoms with van der Waals surface area (Å²) in [7, 11) is 0. The number of rotatable bonds is 3. The van der Waals surface area contributed by atoms with Crippen LogP contribution in [0.5, 0.6) is 0 Å². The monoisotopic (exact) mass is 241 g/mol. The topological polar surface area (TPSA) is 53.4 Å². The summed E-state index contributed by atoms with van der Waals surface area (Å²) < 4.78 is 0. The second-order valence-corrected chi connectivity index (χ2v) is 5.91. The summed E-state index contributed by atoms with van der Waals surface area (Å²) in [5.74, 6) is 0.673. The molecule has 1 fully saturated rings. The molecule has 0 saturated heterocycles. The van der Waals surface area contributed by atoms with Crippen molar-refractivity contribution < 1.29 is 10.2 Å². The van der Waals surface area contributed by atoms with Crippen LogP contribution in [0.3, 0.4) is 0 Å². The molecule has 3 nitrogen and oxygen atoms in total. The van der Waals surface area contributed by atoms with Gasteiger partial charge in [-0.05, 0) is 31.6 Å². The lowest BCUT2D eigenvalue weighted by Crippen LogP contribution is -2.46. The third kappa shape index (κ3) is 2.62. The van der Waals surface area contributed by atoms with Crippen LogP contribution in [0, 0.1) is 5.92 Å². The quantitative estimate of drug-likeness (QED) is 0.851. The molecule has 2 rings (SSSR count). The van der Waals surface area contributed by atoms with Crippen molar-refractivity contribution in [1.29, 1.82) is 0 Å². The zero-order valence-electron chi connectivity index (χ0n) is 9.59. The first-order chi connectivity index (χ1) is 7.60. The van der Waals surface area contributed by atoms with Crippen molar-refractivity contribution in [2.24, 2.45) is 5.92 Å². The van der Waals surface area contributed by atoms with Gasteiger partial charge in [-0.1, -0.05) is 6.92 Å². The number of aliphatic hydroxyl groups excluding tert-OH is 1. The first-order valence-corrected chi connectivity index (χ1v) is 6.77. The molecule has 0 aromatic carbocycles. The van der Waals surface area contributed by atoms with E-state index in [1.807, 2.05) is 5.38 Å². The Kier molecular flexibility index (Phi) is 3.62. The molecule has 16 heavy (non-hydrogen) atoms. The highest BCUT2D eigenvalue weighted by atomic mass is 32.1. The summed E-state index contributed by atoms with van der Waals surface area (Å²) in [5, 5.41) is 23.3. The van der Waals surface area contributed by atoms with Gasteiger partial charge in [0.15, 0.2) is 0 Å². The van der Waals surface area contributed by atoms with E-state index in [1.54, 1.807) is 6.20 Å². The summed E-state index contributed by atoms with van der Waals surface area (Å²) in [6.45, 7) is 2.20. The van der Waals surface area contributed by atoms with Crippen molar-refractivity contribution in [3.8, 4) is 0 Å². The minimum absolute atomic E-state index is 0.475. The molecule has 0 amide bonds. The number of nitrogens with zero attached hydrogens (tertiary/aromatic N) is 1. The van der Waals surface area contributed by atoms with Crippen LogP contribution in [0.1, 0.15) is 37.6 Å². The van der Waals surface area contributed by atoms with Gasteiger partial charge in [-0.3, -0.25) is 0 Å². The number of aliphatic hydroxyl groups is 2. The summed E-state index contributed by atoms with van der Waals surface area (Å²) in [6, 6.07) is 0. The van der Waals surface area contributed by atoms with Crippen molar-refractivity contribution in [2.45, 2.75) is 50.7 Å². The van der Waals surface area contributed by atoms with E-state index >= 15 is 0 Å². The van der Waals surface area contributed by atoms with E-state index in [4.69, 9.17) is 0 Å². The minimum Gasteiger partial charge on any atom is -0.390 e. The second-order valence-electron chi connectivity index (χ2n) is 4.93. The van der Waals surface area contributed by atoms with Crippen molar-refractivity contribution >= 4 is 11.3 Å². The normalized spacial score (nSPS) is 32.6. The van der Waals surface area contributed by atoms with Crippen LogP contribution in [0.15, 0.2) is 11.6 Å². The summed E-state index contributed by atoms with van der Waals surface area (Å²) in [5.41, 5.74) is -0.891. The Bertz CT molecular complexity index is 318. The van der Waals surface area contributed by atoms with Crippen molar-refractivity contribution in [3.05, 3.63) is 16.6 Å². The second kappa shape index (κ2) is 4.82. The van der Waals surface area contributed by atoms with E-state index < -0.39 is 11.7 Å². The van der Waals surface area contributed by atoms with Crippen LogP contribution in [-0.2, 0) is 6.42 Å². The molecular formula is C12H19NO2S. The van der Waals surface area contributed by atoms with Gasteiger partial charge in [-0.2, -0.15) is 0 Å². The average Bonchev–Trinajstić information content (AvgIpc) is 2.75. The molecule has 1 heterocycles. The van der Waals surface area contributed by atoms with Gasteiger partial charge in [0.25, 0.3) is 0 Å². The number of hydrogen-bond acceptors (Lipinski definition) is 4. The van der Waals surface area contributed by atoms with E-state index in [1.165, 1.54) is 11.3 Å². The van der Waals surface area contributed by atoms with Crippen LogP contribution in [-0.4, -0.2) is 26.9 Å². The van der Waals surface area contributed by atoms with Gasteiger partial charge >= 0.3 is 0 Å². The van der Waals surface area contributed by atoms with E-state index in [0.717, 1.165) is 17.8 Å². The fourth-order valence-corrected chi connectivity index (χ4v) is 2.96. The molecule has 90 valence electrons. The van der Waals surface area contributed by atoms with Crippen molar-refractivity contribution in [3.63, 3.8) is 0 Å². The molecule has 1 aromatic heterocycles. The Morgan fingerprint density at radius 2 is 2.25 bits per heavy atom. The predicted octanol–water partition coefficient (Wildman–Crippen LogP) is 1.99. The lowest BCUT2D eigenvalue weighted by Gasteiger charge is -2.38. The number of hydrogen-bond donors (Lipinski definition) is 2. The van der Waals surface area contributed by atoms with Crippen LogP contribution < -0.4 is 0 Å². The highest BCUT2D eigenvalue weighted by Gasteiger charge is 2.38. The van der Waals surface area contributed by atoms with Gasteiger partial charge in [0, 0.05) is 18.0 Å². The van der Waals surface area contributed by atoms with E-state index in [9.17, 15) is 10.2 Å². The van der Waals surface area contributed by atoms with Crippen LogP contribution in [0.25, 0.3) is 0 Å². The molecule has 1 aliphatic carbocycles. The molecule has 0 bridgehead atoms. The maximum Gasteiger partial charge on any atom is 0.0951 e. The maximum atomic E-state index is 10.4. The van der Waals surface area contributed by atoms with Crippen molar-refractivity contribution in [2.75, 3.05) is 0 Å². The van der Waals surface area contributed by atoms with Crippen molar-refractivity contribution in [1.82, 2.24) is 4.98 Å². The smallest absolute Gasteiger partial charge is 0.0951 e. The summed E-state index contributed by atoms with van der Waals surface area (Å²) >= 11 is 1.53. The third-order valence-electron chi connectivity index (χ3n) is 3.61. The molecule has 0 spiro atoms. The number of aromatic nitrogens is 1. The van der Waals surface area contributed by atoms with Crippen LogP contribution in [0.4, 0.5) is 0 Å². The lowest BCUT2D eigenvalue weighted by molar-refractivity contribution is -0.102. The Labute approximate surface area is 100 Å². The molecule has 1 unspecified atom stereocenters. The van der Waals surface area contributed by atoms with Gasteiger partial charge in [-0.15, -0.1) is 11.3 Å². The SMILES string of the molecule is CC1CCC(O)(C(O)Cc2nccs2)CC1. The fourth-order valence-electron chi connectivity index (χ4n) is 2.30. The molecule has 1 aromatic rings. The molecule has 1 saturated carbocycles. The highest BCUT2D eigenvalue weighted by molar-refractivity contribution is 7.09. The first-order valence-electron chi connectivity index (χ1n) is 5.89. The van der Waals surface area contributed by atoms with E-state index in [-0.39, 0.29) is 0 Å². The molecule has 1 aliphatic rings. The average molecular weight is 241 g/mol. The highest BCUT2D eigenvalue weighted by Crippen LogP contribution is 2.35. The van der Waals surface area contributed by atoms with Crippen LogP contribution in [0.2, 0.25) is 0 Å². The third-order valence-corrected chi connectivity index (χ3v) is 4.41. The Morgan fingerprint density at radius 3 is 2.81 bits per heavy atom. The molecule has 4 heteroatoms. The largest absolute Gasteiger partial charge is 0.390 e. The predicted molar refractivity (Wildman–Crippen MR) is 64.4 cm³/mol. The van der Waals surface area contributed by atoms with Gasteiger partial charge in [0.05, 0.1) is 16.7 Å². The number of thiazole rings is 1. The summed E-state index contributed by atoms with van der Waals surface area (Å²) in [4.78, 5) is 4.14. The molecule has 0 aliphatic heterocycles. The minimum atomic E-state index is -0.891. The Balaban J connectivity index is 1.95. The zero-order chi connectivity index (χ0) is 11.6. The fraction of sp³-hybridized carbons (Fsp3) is 0.750. The van der Waals surface area contributed by atoms with Gasteiger partial charge in [-0.25, -0.2) is 4.98 Å². The molecule has 1 atom stereocenters. The van der Waals surface area contributed by atoms with Gasteiger partial charge in [0.1, 0.15) is 0 Å². The van der Waals surface area contributed by atoms with Gasteiger partial charge < -0.3 is 10.2 Å². The lowest BCUT2D eigenvalue weighted by atomic mass is 9.76. The van der Waals surface area contributed by atoms with Crippen LogP contribution >= 0.6 is 11.3 Å².